The van der Waals surface area contributed by atoms with Gasteiger partial charge in [0.05, 0.1) is 5.69 Å². The van der Waals surface area contributed by atoms with Crippen molar-refractivity contribution in [2.75, 3.05) is 0 Å². The van der Waals surface area contributed by atoms with Crippen LogP contribution in [0.3, 0.4) is 0 Å². The number of benzene rings is 1. The first-order chi connectivity index (χ1) is 7.58. The summed E-state index contributed by atoms with van der Waals surface area (Å²) >= 11 is 5.87. The molecule has 0 fully saturated rings. The monoisotopic (exact) mass is 236 g/mol. The van der Waals surface area contributed by atoms with Gasteiger partial charge in [-0.25, -0.2) is 0 Å². The van der Waals surface area contributed by atoms with Crippen LogP contribution < -0.4 is 0 Å². The standard InChI is InChI=1S/C12H13ClN2O/c1-8-7-9(13)3-4-10(8)12(16)11-5-6-15(2)14-11/h3-7,12,16H,1-2H3. The average Bonchev–Trinajstić information content (AvgIpc) is 2.64. The van der Waals surface area contributed by atoms with Gasteiger partial charge in [0.2, 0.25) is 0 Å². The fraction of sp³-hybridized carbons (Fsp3) is 0.250. The lowest BCUT2D eigenvalue weighted by atomic mass is 10.0. The van der Waals surface area contributed by atoms with Gasteiger partial charge >= 0.3 is 0 Å². The quantitative estimate of drug-likeness (QED) is 0.870. The number of aryl methyl sites for hydroxylation is 2. The molecule has 0 saturated heterocycles. The van der Waals surface area contributed by atoms with Crippen molar-refractivity contribution in [1.29, 1.82) is 0 Å². The fourth-order valence-electron chi connectivity index (χ4n) is 1.68. The van der Waals surface area contributed by atoms with Crippen molar-refractivity contribution in [3.63, 3.8) is 0 Å². The van der Waals surface area contributed by atoms with Gasteiger partial charge in [-0.2, -0.15) is 5.10 Å². The van der Waals surface area contributed by atoms with E-state index in [1.165, 1.54) is 0 Å². The molecule has 1 N–H and O–H groups in total. The van der Waals surface area contributed by atoms with E-state index in [1.807, 2.05) is 32.3 Å². The maximum Gasteiger partial charge on any atom is 0.123 e. The van der Waals surface area contributed by atoms with E-state index in [4.69, 9.17) is 11.6 Å². The van der Waals surface area contributed by atoms with E-state index in [0.717, 1.165) is 11.1 Å². The van der Waals surface area contributed by atoms with Gasteiger partial charge in [-0.15, -0.1) is 0 Å². The Morgan fingerprint density at radius 3 is 2.69 bits per heavy atom. The van der Waals surface area contributed by atoms with Gasteiger partial charge < -0.3 is 5.11 Å². The Balaban J connectivity index is 2.37. The molecule has 0 radical (unpaired) electrons. The van der Waals surface area contributed by atoms with Crippen LogP contribution in [-0.2, 0) is 7.05 Å². The highest BCUT2D eigenvalue weighted by atomic mass is 35.5. The van der Waals surface area contributed by atoms with Gasteiger partial charge in [-0.05, 0) is 36.2 Å². The van der Waals surface area contributed by atoms with Crippen molar-refractivity contribution in [3.8, 4) is 0 Å². The predicted molar refractivity (Wildman–Crippen MR) is 63.5 cm³/mol. The Morgan fingerprint density at radius 2 is 2.12 bits per heavy atom. The van der Waals surface area contributed by atoms with Crippen LogP contribution in [0, 0.1) is 6.92 Å². The number of halogens is 1. The van der Waals surface area contributed by atoms with Crippen molar-refractivity contribution >= 4 is 11.6 Å². The highest BCUT2D eigenvalue weighted by Crippen LogP contribution is 2.25. The topological polar surface area (TPSA) is 38.0 Å². The molecule has 4 heteroatoms. The van der Waals surface area contributed by atoms with Gasteiger partial charge in [0.15, 0.2) is 0 Å². The molecule has 0 aliphatic carbocycles. The highest BCUT2D eigenvalue weighted by molar-refractivity contribution is 6.30. The molecule has 0 aliphatic heterocycles. The zero-order valence-electron chi connectivity index (χ0n) is 9.18. The Bertz CT molecular complexity index is 507. The second-order valence-electron chi connectivity index (χ2n) is 3.82. The lowest BCUT2D eigenvalue weighted by Gasteiger charge is -2.11. The zero-order chi connectivity index (χ0) is 11.7. The summed E-state index contributed by atoms with van der Waals surface area (Å²) in [5.41, 5.74) is 2.45. The normalized spacial score (nSPS) is 12.8. The number of aliphatic hydroxyl groups excluding tert-OH is 1. The van der Waals surface area contributed by atoms with Gasteiger partial charge in [0.1, 0.15) is 6.10 Å². The number of hydrogen-bond donors (Lipinski definition) is 1. The van der Waals surface area contributed by atoms with Gasteiger partial charge in [0, 0.05) is 18.3 Å². The van der Waals surface area contributed by atoms with Crippen molar-refractivity contribution in [1.82, 2.24) is 9.78 Å². The molecule has 0 spiro atoms. The van der Waals surface area contributed by atoms with Crippen molar-refractivity contribution in [3.05, 3.63) is 52.3 Å². The van der Waals surface area contributed by atoms with Crippen LogP contribution in [0.2, 0.25) is 5.02 Å². The minimum absolute atomic E-state index is 0.646. The lowest BCUT2D eigenvalue weighted by Crippen LogP contribution is -2.03. The first kappa shape index (κ1) is 11.2. The molecule has 16 heavy (non-hydrogen) atoms. The van der Waals surface area contributed by atoms with E-state index in [9.17, 15) is 5.11 Å². The molecule has 3 nitrogen and oxygen atoms in total. The number of rotatable bonds is 2. The Labute approximate surface area is 99.3 Å². The van der Waals surface area contributed by atoms with Gasteiger partial charge in [-0.3, -0.25) is 4.68 Å². The van der Waals surface area contributed by atoms with E-state index >= 15 is 0 Å². The summed E-state index contributed by atoms with van der Waals surface area (Å²) in [7, 11) is 1.82. The Kier molecular flexibility index (Phi) is 2.99. The number of aliphatic hydroxyl groups is 1. The van der Waals surface area contributed by atoms with E-state index in [1.54, 1.807) is 16.8 Å². The maximum absolute atomic E-state index is 10.2. The summed E-state index contributed by atoms with van der Waals surface area (Å²) < 4.78 is 1.67. The number of aromatic nitrogens is 2. The maximum atomic E-state index is 10.2. The van der Waals surface area contributed by atoms with Crippen LogP contribution in [0.5, 0.6) is 0 Å². The first-order valence-corrected chi connectivity index (χ1v) is 5.39. The third-order valence-corrected chi connectivity index (χ3v) is 2.78. The van der Waals surface area contributed by atoms with E-state index < -0.39 is 6.10 Å². The summed E-state index contributed by atoms with van der Waals surface area (Å²) in [6, 6.07) is 7.24. The van der Waals surface area contributed by atoms with Gasteiger partial charge in [-0.1, -0.05) is 17.7 Å². The Morgan fingerprint density at radius 1 is 1.38 bits per heavy atom. The first-order valence-electron chi connectivity index (χ1n) is 5.01. The second-order valence-corrected chi connectivity index (χ2v) is 4.25. The molecule has 1 aromatic heterocycles. The third-order valence-electron chi connectivity index (χ3n) is 2.54. The predicted octanol–water partition coefficient (Wildman–Crippen LogP) is 2.46. The minimum atomic E-state index is -0.696. The zero-order valence-corrected chi connectivity index (χ0v) is 9.94. The molecule has 1 atom stereocenters. The van der Waals surface area contributed by atoms with E-state index in [2.05, 4.69) is 5.10 Å². The molecule has 1 unspecified atom stereocenters. The summed E-state index contributed by atoms with van der Waals surface area (Å²) in [5.74, 6) is 0. The number of hydrogen-bond acceptors (Lipinski definition) is 2. The Hall–Kier alpha value is -1.32. The minimum Gasteiger partial charge on any atom is -0.382 e. The molecule has 0 aliphatic rings. The molecule has 0 amide bonds. The molecule has 1 heterocycles. The van der Waals surface area contributed by atoms with Crippen molar-refractivity contribution < 1.29 is 5.11 Å². The summed E-state index contributed by atoms with van der Waals surface area (Å²) in [6.07, 6.45) is 1.11. The largest absolute Gasteiger partial charge is 0.382 e. The number of nitrogens with zero attached hydrogens (tertiary/aromatic N) is 2. The molecule has 2 rings (SSSR count). The van der Waals surface area contributed by atoms with Crippen LogP contribution in [0.1, 0.15) is 22.9 Å². The van der Waals surface area contributed by atoms with Crippen LogP contribution in [-0.4, -0.2) is 14.9 Å². The summed E-state index contributed by atoms with van der Waals surface area (Å²) in [5, 5.41) is 15.0. The molecular weight excluding hydrogens is 224 g/mol. The molecule has 2 aromatic rings. The fourth-order valence-corrected chi connectivity index (χ4v) is 1.91. The van der Waals surface area contributed by atoms with E-state index in [0.29, 0.717) is 10.7 Å². The lowest BCUT2D eigenvalue weighted by molar-refractivity contribution is 0.213. The average molecular weight is 237 g/mol. The summed E-state index contributed by atoms with van der Waals surface area (Å²) in [6.45, 7) is 1.92. The molecule has 0 saturated carbocycles. The SMILES string of the molecule is Cc1cc(Cl)ccc1C(O)c1ccn(C)n1. The highest BCUT2D eigenvalue weighted by Gasteiger charge is 2.15. The van der Waals surface area contributed by atoms with Crippen LogP contribution >= 0.6 is 11.6 Å². The van der Waals surface area contributed by atoms with E-state index in [-0.39, 0.29) is 0 Å². The van der Waals surface area contributed by atoms with Crippen molar-refractivity contribution in [2.24, 2.45) is 7.05 Å². The van der Waals surface area contributed by atoms with Gasteiger partial charge in [0.25, 0.3) is 0 Å². The van der Waals surface area contributed by atoms with Crippen molar-refractivity contribution in [2.45, 2.75) is 13.0 Å². The summed E-state index contributed by atoms with van der Waals surface area (Å²) in [4.78, 5) is 0. The molecule has 84 valence electrons. The second kappa shape index (κ2) is 4.28. The molecule has 1 aromatic carbocycles. The third kappa shape index (κ3) is 2.10. The van der Waals surface area contributed by atoms with Crippen LogP contribution in [0.25, 0.3) is 0 Å². The smallest absolute Gasteiger partial charge is 0.123 e. The molecular formula is C12H13ClN2O. The van der Waals surface area contributed by atoms with Crippen LogP contribution in [0.15, 0.2) is 30.5 Å². The molecule has 0 bridgehead atoms. The van der Waals surface area contributed by atoms with Crippen LogP contribution in [0.4, 0.5) is 0 Å².